The van der Waals surface area contributed by atoms with Crippen LogP contribution in [0.5, 0.6) is 0 Å². The molecule has 0 fully saturated rings. The van der Waals surface area contributed by atoms with Crippen LogP contribution in [0.1, 0.15) is 26.2 Å². The lowest BCUT2D eigenvalue weighted by Crippen LogP contribution is -2.17. The summed E-state index contributed by atoms with van der Waals surface area (Å²) in [6.45, 7) is 7.41. The standard InChI is InChI=1S/C15H31NO5/c1-3-4-15(17)5-7-18-9-11-20-13-14-21-12-10-19-8-6-16-2/h16H,3-14H2,1-2H3. The lowest BCUT2D eigenvalue weighted by molar-refractivity contribution is -0.120. The molecule has 0 heterocycles. The first-order valence-corrected chi connectivity index (χ1v) is 7.78. The molecule has 0 aromatic carbocycles. The molecule has 0 aliphatic rings. The summed E-state index contributed by atoms with van der Waals surface area (Å²) >= 11 is 0. The number of rotatable bonds is 17. The van der Waals surface area contributed by atoms with Gasteiger partial charge in [-0.1, -0.05) is 6.92 Å². The van der Waals surface area contributed by atoms with Gasteiger partial charge in [0.1, 0.15) is 5.78 Å². The number of carbonyl (C=O) groups is 1. The first-order valence-electron chi connectivity index (χ1n) is 7.78. The van der Waals surface area contributed by atoms with E-state index in [-0.39, 0.29) is 5.78 Å². The van der Waals surface area contributed by atoms with E-state index >= 15 is 0 Å². The van der Waals surface area contributed by atoms with E-state index in [0.29, 0.717) is 65.7 Å². The van der Waals surface area contributed by atoms with Crippen LogP contribution in [0.25, 0.3) is 0 Å². The van der Waals surface area contributed by atoms with Crippen LogP contribution < -0.4 is 5.32 Å². The maximum Gasteiger partial charge on any atom is 0.135 e. The van der Waals surface area contributed by atoms with Crippen molar-refractivity contribution in [3.63, 3.8) is 0 Å². The van der Waals surface area contributed by atoms with E-state index in [2.05, 4.69) is 5.32 Å². The Morgan fingerprint density at radius 2 is 1.24 bits per heavy atom. The third kappa shape index (κ3) is 17.4. The molecule has 0 aliphatic heterocycles. The zero-order valence-corrected chi connectivity index (χ0v) is 13.5. The minimum absolute atomic E-state index is 0.267. The molecular weight excluding hydrogens is 274 g/mol. The number of ether oxygens (including phenoxy) is 4. The molecule has 6 heteroatoms. The van der Waals surface area contributed by atoms with Crippen molar-refractivity contribution in [1.82, 2.24) is 5.32 Å². The van der Waals surface area contributed by atoms with Gasteiger partial charge in [0.25, 0.3) is 0 Å². The quantitative estimate of drug-likeness (QED) is 0.405. The van der Waals surface area contributed by atoms with Crippen molar-refractivity contribution in [2.75, 3.05) is 66.4 Å². The number of hydrogen-bond donors (Lipinski definition) is 1. The first-order chi connectivity index (χ1) is 10.3. The minimum atomic E-state index is 0.267. The molecule has 0 aromatic heterocycles. The molecule has 0 amide bonds. The average molecular weight is 305 g/mol. The molecule has 0 rings (SSSR count). The summed E-state index contributed by atoms with van der Waals surface area (Å²) < 4.78 is 21.3. The van der Waals surface area contributed by atoms with Gasteiger partial charge in [-0.05, 0) is 13.5 Å². The Morgan fingerprint density at radius 1 is 0.762 bits per heavy atom. The first kappa shape index (κ1) is 20.5. The molecular formula is C15H31NO5. The molecule has 1 N–H and O–H groups in total. The predicted octanol–water partition coefficient (Wildman–Crippen LogP) is 1.03. The number of ketones is 1. The fourth-order valence-electron chi connectivity index (χ4n) is 1.53. The summed E-state index contributed by atoms with van der Waals surface area (Å²) in [5.74, 6) is 0.267. The van der Waals surface area contributed by atoms with Crippen LogP contribution >= 0.6 is 0 Å². The van der Waals surface area contributed by atoms with Crippen molar-refractivity contribution in [3.05, 3.63) is 0 Å². The molecule has 21 heavy (non-hydrogen) atoms. The highest BCUT2D eigenvalue weighted by Gasteiger charge is 1.99. The zero-order chi connectivity index (χ0) is 15.6. The fourth-order valence-corrected chi connectivity index (χ4v) is 1.53. The molecule has 0 saturated carbocycles. The summed E-state index contributed by atoms with van der Waals surface area (Å²) in [4.78, 5) is 11.2. The van der Waals surface area contributed by atoms with Crippen LogP contribution in [-0.2, 0) is 23.7 Å². The van der Waals surface area contributed by atoms with Gasteiger partial charge in [-0.25, -0.2) is 0 Å². The lowest BCUT2D eigenvalue weighted by Gasteiger charge is -2.07. The molecule has 0 saturated heterocycles. The van der Waals surface area contributed by atoms with Crippen molar-refractivity contribution in [2.24, 2.45) is 0 Å². The zero-order valence-electron chi connectivity index (χ0n) is 13.5. The Bertz CT molecular complexity index is 226. The van der Waals surface area contributed by atoms with Gasteiger partial charge in [-0.15, -0.1) is 0 Å². The number of carbonyl (C=O) groups excluding carboxylic acids is 1. The van der Waals surface area contributed by atoms with Gasteiger partial charge < -0.3 is 24.3 Å². The van der Waals surface area contributed by atoms with Crippen molar-refractivity contribution in [3.8, 4) is 0 Å². The normalized spacial score (nSPS) is 11.0. The SMILES string of the molecule is CCCC(=O)CCOCCOCCOCCOCCNC. The summed E-state index contributed by atoms with van der Waals surface area (Å²) in [5, 5.41) is 3.00. The van der Waals surface area contributed by atoms with Crippen LogP contribution in [-0.4, -0.2) is 72.2 Å². The van der Waals surface area contributed by atoms with Crippen LogP contribution in [0.4, 0.5) is 0 Å². The predicted molar refractivity (Wildman–Crippen MR) is 81.7 cm³/mol. The minimum Gasteiger partial charge on any atom is -0.379 e. The molecule has 0 aromatic rings. The lowest BCUT2D eigenvalue weighted by atomic mass is 10.2. The van der Waals surface area contributed by atoms with Crippen molar-refractivity contribution >= 4 is 5.78 Å². The monoisotopic (exact) mass is 305 g/mol. The molecule has 0 spiro atoms. The van der Waals surface area contributed by atoms with Gasteiger partial charge in [0.05, 0.1) is 52.9 Å². The smallest absolute Gasteiger partial charge is 0.135 e. The summed E-state index contributed by atoms with van der Waals surface area (Å²) in [5.41, 5.74) is 0. The molecule has 0 radical (unpaired) electrons. The molecule has 6 nitrogen and oxygen atoms in total. The van der Waals surface area contributed by atoms with E-state index in [1.165, 1.54) is 0 Å². The van der Waals surface area contributed by atoms with Crippen molar-refractivity contribution < 1.29 is 23.7 Å². The third-order valence-electron chi connectivity index (χ3n) is 2.67. The van der Waals surface area contributed by atoms with Gasteiger partial charge in [0.2, 0.25) is 0 Å². The fraction of sp³-hybridized carbons (Fsp3) is 0.933. The van der Waals surface area contributed by atoms with Crippen LogP contribution in [0.15, 0.2) is 0 Å². The Kier molecular flexibility index (Phi) is 17.1. The second kappa shape index (κ2) is 17.5. The molecule has 0 unspecified atom stereocenters. The highest BCUT2D eigenvalue weighted by molar-refractivity contribution is 5.78. The molecule has 0 bridgehead atoms. The maximum absolute atomic E-state index is 11.2. The number of likely N-dealkylation sites (N-methyl/N-ethyl adjacent to an activating group) is 1. The molecule has 126 valence electrons. The largest absolute Gasteiger partial charge is 0.379 e. The summed E-state index contributed by atoms with van der Waals surface area (Å²) in [6.07, 6.45) is 2.06. The van der Waals surface area contributed by atoms with Crippen LogP contribution in [0.3, 0.4) is 0 Å². The number of nitrogens with one attached hydrogen (secondary N) is 1. The van der Waals surface area contributed by atoms with Gasteiger partial charge in [-0.2, -0.15) is 0 Å². The number of Topliss-reactive ketones (excluding diaryl/α,β-unsaturated/α-hetero) is 1. The van der Waals surface area contributed by atoms with E-state index in [4.69, 9.17) is 18.9 Å². The van der Waals surface area contributed by atoms with Gasteiger partial charge in [0.15, 0.2) is 0 Å². The highest BCUT2D eigenvalue weighted by Crippen LogP contribution is 1.94. The second-order valence-corrected chi connectivity index (χ2v) is 4.59. The average Bonchev–Trinajstić information content (AvgIpc) is 2.48. The third-order valence-corrected chi connectivity index (χ3v) is 2.67. The van der Waals surface area contributed by atoms with E-state index in [1.54, 1.807) is 0 Å². The maximum atomic E-state index is 11.2. The Labute approximate surface area is 128 Å². The molecule has 0 aliphatic carbocycles. The summed E-state index contributed by atoms with van der Waals surface area (Å²) in [7, 11) is 1.89. The van der Waals surface area contributed by atoms with E-state index < -0.39 is 0 Å². The van der Waals surface area contributed by atoms with Crippen molar-refractivity contribution in [1.29, 1.82) is 0 Å². The van der Waals surface area contributed by atoms with E-state index in [0.717, 1.165) is 13.0 Å². The van der Waals surface area contributed by atoms with Crippen LogP contribution in [0.2, 0.25) is 0 Å². The van der Waals surface area contributed by atoms with Gasteiger partial charge in [-0.3, -0.25) is 4.79 Å². The number of hydrogen-bond acceptors (Lipinski definition) is 6. The van der Waals surface area contributed by atoms with Gasteiger partial charge in [0, 0.05) is 19.4 Å². The topological polar surface area (TPSA) is 66.0 Å². The highest BCUT2D eigenvalue weighted by atomic mass is 16.6. The second-order valence-electron chi connectivity index (χ2n) is 4.59. The molecule has 0 atom stereocenters. The Balaban J connectivity index is 3.01. The van der Waals surface area contributed by atoms with E-state index in [9.17, 15) is 4.79 Å². The van der Waals surface area contributed by atoms with E-state index in [1.807, 2.05) is 14.0 Å². The Hall–Kier alpha value is -0.530. The van der Waals surface area contributed by atoms with Crippen molar-refractivity contribution in [2.45, 2.75) is 26.2 Å². The van der Waals surface area contributed by atoms with Crippen LogP contribution in [0, 0.1) is 0 Å². The summed E-state index contributed by atoms with van der Waals surface area (Å²) in [6, 6.07) is 0. The Morgan fingerprint density at radius 3 is 1.71 bits per heavy atom. The van der Waals surface area contributed by atoms with Gasteiger partial charge >= 0.3 is 0 Å².